The quantitative estimate of drug-likeness (QED) is 0.539. The molecule has 1 aliphatic heterocycles. The van der Waals surface area contributed by atoms with Gasteiger partial charge in [0.05, 0.1) is 18.5 Å². The van der Waals surface area contributed by atoms with Crippen LogP contribution in [-0.4, -0.2) is 49.2 Å². The summed E-state index contributed by atoms with van der Waals surface area (Å²) in [4.78, 5) is 11.9. The topological polar surface area (TPSA) is 114 Å². The third-order valence-electron chi connectivity index (χ3n) is 4.23. The van der Waals surface area contributed by atoms with E-state index < -0.39 is 27.3 Å². The number of ether oxygens (including phenoxy) is 1. The van der Waals surface area contributed by atoms with Gasteiger partial charge in [-0.05, 0) is 31.0 Å². The Bertz CT molecular complexity index is 868. The smallest absolute Gasteiger partial charge is 0.313 e. The van der Waals surface area contributed by atoms with Crippen molar-refractivity contribution in [3.05, 3.63) is 48.3 Å². The van der Waals surface area contributed by atoms with Gasteiger partial charge in [0.25, 0.3) is 0 Å². The van der Waals surface area contributed by atoms with Crippen molar-refractivity contribution in [1.29, 1.82) is 0 Å². The highest BCUT2D eigenvalue weighted by Gasteiger charge is 2.42. The second-order valence-corrected chi connectivity index (χ2v) is 8.01. The molecule has 1 aliphatic rings. The van der Waals surface area contributed by atoms with Crippen molar-refractivity contribution in [2.24, 2.45) is 5.92 Å². The van der Waals surface area contributed by atoms with E-state index in [1.54, 1.807) is 17.8 Å². The van der Waals surface area contributed by atoms with Crippen LogP contribution in [-0.2, 0) is 26.0 Å². The SMILES string of the molecule is CCOC(=O)C1CNNC1S(=O)(=O)NCCc1cnn(-c2ccccc2)c1. The standard InChI is InChI=1S/C17H23N5O4S/c1-2-26-17(23)15-11-18-21-16(15)27(24,25)20-9-8-13-10-19-22(12-13)14-6-4-3-5-7-14/h3-7,10,12,15-16,18,20-21H,2,8-9,11H2,1H3. The fraction of sp³-hybridized carbons (Fsp3) is 0.412. The Morgan fingerprint density at radius 3 is 2.89 bits per heavy atom. The van der Waals surface area contributed by atoms with Crippen molar-refractivity contribution < 1.29 is 17.9 Å². The van der Waals surface area contributed by atoms with Crippen molar-refractivity contribution in [3.8, 4) is 5.69 Å². The third-order valence-corrected chi connectivity index (χ3v) is 5.95. The van der Waals surface area contributed by atoms with Crippen LogP contribution in [0.4, 0.5) is 0 Å². The lowest BCUT2D eigenvalue weighted by Gasteiger charge is -2.18. The first-order chi connectivity index (χ1) is 13.0. The highest BCUT2D eigenvalue weighted by atomic mass is 32.2. The molecule has 0 radical (unpaired) electrons. The number of hydrogen-bond donors (Lipinski definition) is 3. The Kier molecular flexibility index (Phi) is 6.22. The molecule has 1 fully saturated rings. The van der Waals surface area contributed by atoms with E-state index in [1.807, 2.05) is 36.5 Å². The highest BCUT2D eigenvalue weighted by molar-refractivity contribution is 7.90. The number of carbonyl (C=O) groups is 1. The fourth-order valence-corrected chi connectivity index (χ4v) is 4.31. The van der Waals surface area contributed by atoms with Crippen molar-refractivity contribution in [2.45, 2.75) is 18.7 Å². The number of nitrogens with one attached hydrogen (secondary N) is 3. The van der Waals surface area contributed by atoms with Gasteiger partial charge < -0.3 is 4.74 Å². The second-order valence-electron chi connectivity index (χ2n) is 6.12. The monoisotopic (exact) mass is 393 g/mol. The summed E-state index contributed by atoms with van der Waals surface area (Å²) in [6.07, 6.45) is 4.05. The third kappa shape index (κ3) is 4.72. The van der Waals surface area contributed by atoms with Gasteiger partial charge >= 0.3 is 5.97 Å². The number of benzene rings is 1. The minimum Gasteiger partial charge on any atom is -0.466 e. The van der Waals surface area contributed by atoms with Gasteiger partial charge in [-0.15, -0.1) is 0 Å². The Balaban J connectivity index is 1.56. The van der Waals surface area contributed by atoms with E-state index in [2.05, 4.69) is 20.7 Å². The number of nitrogens with zero attached hydrogens (tertiary/aromatic N) is 2. The molecule has 1 saturated heterocycles. The molecule has 2 atom stereocenters. The van der Waals surface area contributed by atoms with Crippen LogP contribution in [0.2, 0.25) is 0 Å². The zero-order valence-corrected chi connectivity index (χ0v) is 15.8. The first-order valence-electron chi connectivity index (χ1n) is 8.73. The molecule has 10 heteroatoms. The minimum absolute atomic E-state index is 0.203. The van der Waals surface area contributed by atoms with E-state index in [0.717, 1.165) is 11.3 Å². The molecular formula is C17H23N5O4S. The van der Waals surface area contributed by atoms with Crippen molar-refractivity contribution in [2.75, 3.05) is 19.7 Å². The van der Waals surface area contributed by atoms with E-state index >= 15 is 0 Å². The molecule has 1 aromatic heterocycles. The summed E-state index contributed by atoms with van der Waals surface area (Å²) in [5.41, 5.74) is 7.19. The summed E-state index contributed by atoms with van der Waals surface area (Å²) in [6, 6.07) is 9.65. The van der Waals surface area contributed by atoms with Gasteiger partial charge in [0.1, 0.15) is 5.92 Å². The summed E-state index contributed by atoms with van der Waals surface area (Å²) in [5.74, 6) is -1.32. The lowest BCUT2D eigenvalue weighted by molar-refractivity contribution is -0.147. The molecule has 2 aromatic rings. The van der Waals surface area contributed by atoms with Gasteiger partial charge in [0.2, 0.25) is 10.0 Å². The Hall–Kier alpha value is -2.27. The predicted octanol–water partition coefficient (Wildman–Crippen LogP) is -0.0526. The van der Waals surface area contributed by atoms with E-state index in [4.69, 9.17) is 4.74 Å². The van der Waals surface area contributed by atoms with Crippen LogP contribution in [0.3, 0.4) is 0 Å². The number of rotatable bonds is 8. The van der Waals surface area contributed by atoms with Crippen LogP contribution in [0.1, 0.15) is 12.5 Å². The van der Waals surface area contributed by atoms with Gasteiger partial charge in [-0.2, -0.15) is 5.10 Å². The molecule has 1 aromatic carbocycles. The fourth-order valence-electron chi connectivity index (χ4n) is 2.87. The molecule has 3 N–H and O–H groups in total. The maximum Gasteiger partial charge on any atom is 0.313 e. The first-order valence-corrected chi connectivity index (χ1v) is 10.3. The van der Waals surface area contributed by atoms with Crippen LogP contribution in [0.5, 0.6) is 0 Å². The summed E-state index contributed by atoms with van der Waals surface area (Å²) in [7, 11) is -3.74. The number of carbonyl (C=O) groups excluding carboxylic acids is 1. The van der Waals surface area contributed by atoms with Crippen molar-refractivity contribution >= 4 is 16.0 Å². The molecule has 146 valence electrons. The molecule has 0 amide bonds. The zero-order chi connectivity index (χ0) is 19.3. The molecule has 0 bridgehead atoms. The number of para-hydroxylation sites is 1. The van der Waals surface area contributed by atoms with Gasteiger partial charge in [0, 0.05) is 19.3 Å². The van der Waals surface area contributed by atoms with E-state index in [0.29, 0.717) is 6.42 Å². The van der Waals surface area contributed by atoms with Crippen LogP contribution in [0, 0.1) is 5.92 Å². The summed E-state index contributed by atoms with van der Waals surface area (Å²) in [6.45, 7) is 2.30. The molecule has 2 heterocycles. The van der Waals surface area contributed by atoms with Gasteiger partial charge in [-0.3, -0.25) is 10.2 Å². The Labute approximate surface area is 158 Å². The van der Waals surface area contributed by atoms with Crippen LogP contribution in [0.15, 0.2) is 42.7 Å². The number of hydrazine groups is 1. The number of aromatic nitrogens is 2. The van der Waals surface area contributed by atoms with E-state index in [1.165, 1.54) is 0 Å². The molecular weight excluding hydrogens is 370 g/mol. The van der Waals surface area contributed by atoms with Gasteiger partial charge in [-0.1, -0.05) is 18.2 Å². The van der Waals surface area contributed by atoms with E-state index in [9.17, 15) is 13.2 Å². The molecule has 0 saturated carbocycles. The summed E-state index contributed by atoms with van der Waals surface area (Å²) >= 11 is 0. The maximum atomic E-state index is 12.5. The van der Waals surface area contributed by atoms with Crippen LogP contribution < -0.4 is 15.6 Å². The minimum atomic E-state index is -3.74. The summed E-state index contributed by atoms with van der Waals surface area (Å²) < 4.78 is 34.3. The van der Waals surface area contributed by atoms with Crippen LogP contribution >= 0.6 is 0 Å². The number of hydrogen-bond acceptors (Lipinski definition) is 7. The average Bonchev–Trinajstić information content (AvgIpc) is 3.33. The summed E-state index contributed by atoms with van der Waals surface area (Å²) in [5, 5.41) is 3.22. The van der Waals surface area contributed by atoms with Crippen molar-refractivity contribution in [3.63, 3.8) is 0 Å². The molecule has 3 rings (SSSR count). The van der Waals surface area contributed by atoms with Gasteiger partial charge in [-0.25, -0.2) is 23.2 Å². The lowest BCUT2D eigenvalue weighted by Crippen LogP contribution is -2.47. The Morgan fingerprint density at radius 2 is 2.15 bits per heavy atom. The van der Waals surface area contributed by atoms with E-state index in [-0.39, 0.29) is 19.7 Å². The molecule has 2 unspecified atom stereocenters. The predicted molar refractivity (Wildman–Crippen MR) is 99.2 cm³/mol. The zero-order valence-electron chi connectivity index (χ0n) is 15.0. The number of esters is 1. The molecule has 27 heavy (non-hydrogen) atoms. The molecule has 0 spiro atoms. The lowest BCUT2D eigenvalue weighted by atomic mass is 10.2. The average molecular weight is 393 g/mol. The second kappa shape index (κ2) is 8.61. The first kappa shape index (κ1) is 19.5. The van der Waals surface area contributed by atoms with Crippen molar-refractivity contribution in [1.82, 2.24) is 25.4 Å². The number of sulfonamides is 1. The molecule has 9 nitrogen and oxygen atoms in total. The maximum absolute atomic E-state index is 12.5. The van der Waals surface area contributed by atoms with Crippen LogP contribution in [0.25, 0.3) is 5.69 Å². The Morgan fingerprint density at radius 1 is 1.37 bits per heavy atom. The normalized spacial score (nSPS) is 19.9. The highest BCUT2D eigenvalue weighted by Crippen LogP contribution is 2.15. The van der Waals surface area contributed by atoms with Gasteiger partial charge in [0.15, 0.2) is 5.37 Å². The molecule has 0 aliphatic carbocycles. The largest absolute Gasteiger partial charge is 0.466 e.